The Labute approximate surface area is 109 Å². The van der Waals surface area contributed by atoms with Crippen LogP contribution in [0.2, 0.25) is 0 Å². The maximum Gasteiger partial charge on any atom is 0.279 e. The molecule has 1 saturated heterocycles. The van der Waals surface area contributed by atoms with Crippen molar-refractivity contribution in [2.45, 2.75) is 38.6 Å². The number of hydrogen-bond donors (Lipinski definition) is 2. The summed E-state index contributed by atoms with van der Waals surface area (Å²) in [6.45, 7) is 2.48. The van der Waals surface area contributed by atoms with Crippen LogP contribution >= 0.6 is 0 Å². The van der Waals surface area contributed by atoms with E-state index in [2.05, 4.69) is 4.72 Å². The number of sulfonamides is 1. The Bertz CT molecular complexity index is 460. The molecule has 0 spiro atoms. The zero-order valence-corrected chi connectivity index (χ0v) is 12.1. The maximum atomic E-state index is 12.0. The van der Waals surface area contributed by atoms with Crippen LogP contribution in [0.1, 0.15) is 32.6 Å². The van der Waals surface area contributed by atoms with Crippen LogP contribution in [0.15, 0.2) is 0 Å². The largest absolute Gasteiger partial charge is 0.279 e. The third-order valence-electron chi connectivity index (χ3n) is 2.94. The van der Waals surface area contributed by atoms with Crippen LogP contribution in [0.25, 0.3) is 0 Å². The highest BCUT2D eigenvalue weighted by molar-refractivity contribution is 7.89. The quantitative estimate of drug-likeness (QED) is 0.636. The Morgan fingerprint density at radius 2 is 1.94 bits per heavy atom. The summed E-state index contributed by atoms with van der Waals surface area (Å²) in [5.74, 6) is -0.217. The van der Waals surface area contributed by atoms with Crippen LogP contribution in [0.4, 0.5) is 0 Å². The Hall–Kier alpha value is -0.220. The van der Waals surface area contributed by atoms with Gasteiger partial charge in [0.05, 0.1) is 5.75 Å². The van der Waals surface area contributed by atoms with E-state index in [1.165, 1.54) is 4.31 Å². The lowest BCUT2D eigenvalue weighted by molar-refractivity contribution is 0.265. The number of rotatable bonds is 6. The molecule has 1 unspecified atom stereocenters. The van der Waals surface area contributed by atoms with E-state index in [-0.39, 0.29) is 24.8 Å². The first-order chi connectivity index (χ1) is 8.22. The van der Waals surface area contributed by atoms with Gasteiger partial charge >= 0.3 is 0 Å². The third kappa shape index (κ3) is 5.19. The Balaban J connectivity index is 2.44. The molecule has 0 amide bonds. The maximum absolute atomic E-state index is 12.0. The molecule has 0 radical (unpaired) electrons. The summed E-state index contributed by atoms with van der Waals surface area (Å²) in [5, 5.41) is 4.83. The van der Waals surface area contributed by atoms with Crippen molar-refractivity contribution in [3.63, 3.8) is 0 Å². The lowest BCUT2D eigenvalue weighted by Gasteiger charge is -2.32. The van der Waals surface area contributed by atoms with E-state index in [1.807, 2.05) is 6.92 Å². The van der Waals surface area contributed by atoms with Gasteiger partial charge in [-0.15, -0.1) is 0 Å². The van der Waals surface area contributed by atoms with Gasteiger partial charge in [-0.3, -0.25) is 0 Å². The number of nitrogens with one attached hydrogen (secondary N) is 1. The fourth-order valence-electron chi connectivity index (χ4n) is 1.99. The molecule has 0 aromatic heterocycles. The molecule has 0 saturated carbocycles. The topological polar surface area (TPSA) is 110 Å². The Kier molecular flexibility index (Phi) is 5.53. The first kappa shape index (κ1) is 15.8. The van der Waals surface area contributed by atoms with Crippen molar-refractivity contribution in [1.82, 2.24) is 9.03 Å². The number of hydrogen-bond acceptors (Lipinski definition) is 4. The first-order valence-electron chi connectivity index (χ1n) is 5.99. The first-order valence-corrected chi connectivity index (χ1v) is 9.15. The van der Waals surface area contributed by atoms with E-state index in [1.54, 1.807) is 0 Å². The molecule has 0 bridgehead atoms. The lowest BCUT2D eigenvalue weighted by Crippen LogP contribution is -2.48. The monoisotopic (exact) mass is 299 g/mol. The minimum absolute atomic E-state index is 0.00510. The van der Waals surface area contributed by atoms with Gasteiger partial charge < -0.3 is 0 Å². The molecule has 7 nitrogen and oxygen atoms in total. The molecule has 0 aromatic rings. The third-order valence-corrected chi connectivity index (χ3v) is 5.53. The highest BCUT2D eigenvalue weighted by Gasteiger charge is 2.28. The molecule has 1 atom stereocenters. The van der Waals surface area contributed by atoms with Gasteiger partial charge in [-0.2, -0.15) is 12.7 Å². The molecular formula is C9H21N3O4S2. The predicted octanol–water partition coefficient (Wildman–Crippen LogP) is -0.626. The normalized spacial score (nSPS) is 23.1. The van der Waals surface area contributed by atoms with Gasteiger partial charge in [0.2, 0.25) is 10.0 Å². The van der Waals surface area contributed by atoms with Crippen LogP contribution in [0, 0.1) is 0 Å². The fraction of sp³-hybridized carbons (Fsp3) is 1.00. The second-order valence-electron chi connectivity index (χ2n) is 4.58. The van der Waals surface area contributed by atoms with Gasteiger partial charge in [0.25, 0.3) is 10.2 Å². The summed E-state index contributed by atoms with van der Waals surface area (Å²) in [4.78, 5) is 0. The lowest BCUT2D eigenvalue weighted by atomic mass is 10.1. The van der Waals surface area contributed by atoms with E-state index in [4.69, 9.17) is 5.14 Å². The minimum atomic E-state index is -3.53. The molecule has 0 aromatic carbocycles. The van der Waals surface area contributed by atoms with E-state index in [9.17, 15) is 16.8 Å². The Morgan fingerprint density at radius 3 is 2.50 bits per heavy atom. The van der Waals surface area contributed by atoms with Crippen LogP contribution in [0.3, 0.4) is 0 Å². The van der Waals surface area contributed by atoms with E-state index in [0.717, 1.165) is 19.3 Å². The molecule has 1 aliphatic heterocycles. The summed E-state index contributed by atoms with van der Waals surface area (Å²) in [7, 11) is -7.03. The van der Waals surface area contributed by atoms with Crippen molar-refractivity contribution >= 4 is 20.2 Å². The molecule has 1 rings (SSSR count). The van der Waals surface area contributed by atoms with Gasteiger partial charge in [0.1, 0.15) is 0 Å². The van der Waals surface area contributed by atoms with Gasteiger partial charge in [-0.05, 0) is 26.2 Å². The van der Waals surface area contributed by atoms with E-state index in [0.29, 0.717) is 6.54 Å². The molecule has 1 fully saturated rings. The summed E-state index contributed by atoms with van der Waals surface area (Å²) in [6, 6.07) is -0.00510. The van der Waals surface area contributed by atoms with Crippen molar-refractivity contribution in [2.75, 3.05) is 18.8 Å². The fourth-order valence-corrected chi connectivity index (χ4v) is 4.05. The van der Waals surface area contributed by atoms with Crippen LogP contribution in [0.5, 0.6) is 0 Å². The number of piperidine rings is 1. The average Bonchev–Trinajstić information content (AvgIpc) is 2.24. The van der Waals surface area contributed by atoms with Crippen molar-refractivity contribution in [3.8, 4) is 0 Å². The average molecular weight is 299 g/mol. The smallest absolute Gasteiger partial charge is 0.229 e. The van der Waals surface area contributed by atoms with Gasteiger partial charge in [0.15, 0.2) is 0 Å². The van der Waals surface area contributed by atoms with Crippen LogP contribution in [-0.4, -0.2) is 46.0 Å². The van der Waals surface area contributed by atoms with Crippen molar-refractivity contribution in [1.29, 1.82) is 0 Å². The highest BCUT2D eigenvalue weighted by Crippen LogP contribution is 2.18. The van der Waals surface area contributed by atoms with Gasteiger partial charge in [-0.25, -0.2) is 18.3 Å². The summed E-state index contributed by atoms with van der Waals surface area (Å²) in [5.41, 5.74) is 0. The summed E-state index contributed by atoms with van der Waals surface area (Å²) < 4.78 is 49.2. The van der Waals surface area contributed by atoms with Crippen LogP contribution < -0.4 is 9.86 Å². The SMILES string of the molecule is CC1CCCCN1S(=O)(=O)NCCCS(N)(=O)=O. The standard InChI is InChI=1S/C9H21N3O4S2/c1-9-5-2-3-7-12(9)18(15,16)11-6-4-8-17(10,13)14/h9,11H,2-8H2,1H3,(H2,10,13,14). The molecule has 1 aliphatic rings. The van der Waals surface area contributed by atoms with Crippen molar-refractivity contribution in [3.05, 3.63) is 0 Å². The molecule has 0 aliphatic carbocycles. The van der Waals surface area contributed by atoms with Crippen molar-refractivity contribution in [2.24, 2.45) is 5.14 Å². The number of nitrogens with zero attached hydrogens (tertiary/aromatic N) is 1. The molecule has 3 N–H and O–H groups in total. The second-order valence-corrected chi connectivity index (χ2v) is 8.02. The molecule has 1 heterocycles. The van der Waals surface area contributed by atoms with Crippen LogP contribution in [-0.2, 0) is 20.2 Å². The minimum Gasteiger partial charge on any atom is -0.229 e. The molecule has 108 valence electrons. The number of primary sulfonamides is 1. The van der Waals surface area contributed by atoms with Crippen molar-refractivity contribution < 1.29 is 16.8 Å². The van der Waals surface area contributed by atoms with Gasteiger partial charge in [-0.1, -0.05) is 6.42 Å². The molecular weight excluding hydrogens is 278 g/mol. The highest BCUT2D eigenvalue weighted by atomic mass is 32.2. The number of nitrogens with two attached hydrogens (primary N) is 1. The van der Waals surface area contributed by atoms with E-state index >= 15 is 0 Å². The molecule has 9 heteroatoms. The second kappa shape index (κ2) is 6.29. The molecule has 18 heavy (non-hydrogen) atoms. The van der Waals surface area contributed by atoms with E-state index < -0.39 is 20.2 Å². The summed E-state index contributed by atoms with van der Waals surface area (Å²) in [6.07, 6.45) is 2.94. The Morgan fingerprint density at radius 1 is 1.28 bits per heavy atom. The zero-order valence-electron chi connectivity index (χ0n) is 10.5. The van der Waals surface area contributed by atoms with Gasteiger partial charge in [0, 0.05) is 19.1 Å². The zero-order chi connectivity index (χ0) is 13.8. The predicted molar refractivity (Wildman–Crippen MR) is 69.5 cm³/mol. The summed E-state index contributed by atoms with van der Waals surface area (Å²) >= 11 is 0.